The number of carbonyl (C=O) groups is 2. The lowest BCUT2D eigenvalue weighted by atomic mass is 10.1. The van der Waals surface area contributed by atoms with Gasteiger partial charge in [-0.2, -0.15) is 0 Å². The first kappa shape index (κ1) is 16.8. The molecule has 2 aromatic rings. The van der Waals surface area contributed by atoms with E-state index in [2.05, 4.69) is 5.32 Å². The van der Waals surface area contributed by atoms with E-state index in [1.165, 1.54) is 6.08 Å². The van der Waals surface area contributed by atoms with Gasteiger partial charge in [-0.1, -0.05) is 54.1 Å². The van der Waals surface area contributed by atoms with Crippen LogP contribution in [0.5, 0.6) is 0 Å². The number of hydrogen-bond acceptors (Lipinski definition) is 2. The fraction of sp³-hybridized carbons (Fsp3) is 0.111. The smallest absolute Gasteiger partial charge is 0.326 e. The number of benzene rings is 2. The van der Waals surface area contributed by atoms with Gasteiger partial charge >= 0.3 is 5.97 Å². The van der Waals surface area contributed by atoms with E-state index in [-0.39, 0.29) is 6.42 Å². The van der Waals surface area contributed by atoms with Crippen molar-refractivity contribution in [1.29, 1.82) is 0 Å². The SMILES string of the molecule is O=C(/C=C\c1ccc(Cl)cc1)N[C@@H](Cc1ccccc1)C(=O)O. The Morgan fingerprint density at radius 3 is 2.35 bits per heavy atom. The van der Waals surface area contributed by atoms with E-state index in [1.807, 2.05) is 30.3 Å². The van der Waals surface area contributed by atoms with E-state index in [9.17, 15) is 14.7 Å². The average molecular weight is 330 g/mol. The molecule has 2 N–H and O–H groups in total. The van der Waals surface area contributed by atoms with Gasteiger partial charge in [0, 0.05) is 17.5 Å². The Kier molecular flexibility index (Phi) is 5.94. The molecule has 1 atom stereocenters. The predicted molar refractivity (Wildman–Crippen MR) is 90.2 cm³/mol. The number of aliphatic carboxylic acids is 1. The van der Waals surface area contributed by atoms with Crippen molar-refractivity contribution in [3.63, 3.8) is 0 Å². The molecule has 2 aromatic carbocycles. The normalized spacial score (nSPS) is 12.0. The summed E-state index contributed by atoms with van der Waals surface area (Å²) in [6.45, 7) is 0. The molecular formula is C18H16ClNO3. The van der Waals surface area contributed by atoms with Crippen LogP contribution in [0.25, 0.3) is 6.08 Å². The van der Waals surface area contributed by atoms with Gasteiger partial charge in [0.2, 0.25) is 5.91 Å². The number of nitrogens with one attached hydrogen (secondary N) is 1. The summed E-state index contributed by atoms with van der Waals surface area (Å²) in [5.74, 6) is -1.52. The molecule has 0 spiro atoms. The molecule has 0 aliphatic carbocycles. The third-order valence-electron chi connectivity index (χ3n) is 3.19. The first-order chi connectivity index (χ1) is 11.0. The number of carbonyl (C=O) groups excluding carboxylic acids is 1. The molecule has 0 unspecified atom stereocenters. The summed E-state index contributed by atoms with van der Waals surface area (Å²) in [6.07, 6.45) is 3.15. The molecule has 0 fully saturated rings. The molecule has 0 aliphatic rings. The van der Waals surface area contributed by atoms with Crippen LogP contribution in [0.2, 0.25) is 5.02 Å². The van der Waals surface area contributed by atoms with Crippen molar-refractivity contribution in [2.75, 3.05) is 0 Å². The van der Waals surface area contributed by atoms with Crippen LogP contribution in [0, 0.1) is 0 Å². The van der Waals surface area contributed by atoms with Crippen LogP contribution in [0.3, 0.4) is 0 Å². The second-order valence-corrected chi connectivity index (χ2v) is 5.41. The summed E-state index contributed by atoms with van der Waals surface area (Å²) in [5.41, 5.74) is 1.65. The van der Waals surface area contributed by atoms with Gasteiger partial charge in [0.25, 0.3) is 0 Å². The highest BCUT2D eigenvalue weighted by molar-refractivity contribution is 6.30. The Morgan fingerprint density at radius 2 is 1.74 bits per heavy atom. The molecule has 0 heterocycles. The lowest BCUT2D eigenvalue weighted by Crippen LogP contribution is -2.41. The number of hydrogen-bond donors (Lipinski definition) is 2. The molecule has 0 aliphatic heterocycles. The molecule has 0 aromatic heterocycles. The van der Waals surface area contributed by atoms with Gasteiger partial charge in [0.15, 0.2) is 0 Å². The Morgan fingerprint density at radius 1 is 1.09 bits per heavy atom. The van der Waals surface area contributed by atoms with Crippen LogP contribution in [-0.4, -0.2) is 23.0 Å². The molecule has 23 heavy (non-hydrogen) atoms. The molecule has 4 nitrogen and oxygen atoms in total. The number of amides is 1. The largest absolute Gasteiger partial charge is 0.480 e. The topological polar surface area (TPSA) is 66.4 Å². The standard InChI is InChI=1S/C18H16ClNO3/c19-15-9-6-13(7-10-15)8-11-17(21)20-16(18(22)23)12-14-4-2-1-3-5-14/h1-11,16H,12H2,(H,20,21)(H,22,23)/b11-8-/t16-/m0/s1. The minimum absolute atomic E-state index is 0.233. The second-order valence-electron chi connectivity index (χ2n) is 4.97. The summed E-state index contributed by atoms with van der Waals surface area (Å²) in [7, 11) is 0. The van der Waals surface area contributed by atoms with Crippen LogP contribution in [0.15, 0.2) is 60.7 Å². The molecule has 5 heteroatoms. The van der Waals surface area contributed by atoms with Crippen LogP contribution < -0.4 is 5.32 Å². The average Bonchev–Trinajstić information content (AvgIpc) is 2.54. The number of halogens is 1. The van der Waals surface area contributed by atoms with Crippen molar-refractivity contribution in [1.82, 2.24) is 5.32 Å². The zero-order valence-corrected chi connectivity index (χ0v) is 13.0. The highest BCUT2D eigenvalue weighted by Crippen LogP contribution is 2.10. The Hall–Kier alpha value is -2.59. The monoisotopic (exact) mass is 329 g/mol. The van der Waals surface area contributed by atoms with Gasteiger partial charge in [0.05, 0.1) is 0 Å². The Bertz CT molecular complexity index is 696. The van der Waals surface area contributed by atoms with Crippen LogP contribution in [0.4, 0.5) is 0 Å². The summed E-state index contributed by atoms with van der Waals surface area (Å²) >= 11 is 5.79. The van der Waals surface area contributed by atoms with Crippen molar-refractivity contribution in [3.8, 4) is 0 Å². The Labute approximate surface area is 139 Å². The molecular weight excluding hydrogens is 314 g/mol. The molecule has 2 rings (SSSR count). The van der Waals surface area contributed by atoms with E-state index >= 15 is 0 Å². The Balaban J connectivity index is 1.98. The van der Waals surface area contributed by atoms with E-state index in [4.69, 9.17) is 11.6 Å². The summed E-state index contributed by atoms with van der Waals surface area (Å²) in [6, 6.07) is 15.2. The molecule has 0 bridgehead atoms. The highest BCUT2D eigenvalue weighted by atomic mass is 35.5. The molecule has 0 saturated heterocycles. The maximum atomic E-state index is 11.9. The third kappa shape index (κ3) is 5.60. The number of carboxylic acid groups (broad SMARTS) is 1. The third-order valence-corrected chi connectivity index (χ3v) is 3.45. The zero-order valence-electron chi connectivity index (χ0n) is 12.3. The summed E-state index contributed by atoms with van der Waals surface area (Å²) in [5, 5.41) is 12.4. The van der Waals surface area contributed by atoms with Crippen molar-refractivity contribution in [2.24, 2.45) is 0 Å². The van der Waals surface area contributed by atoms with Gasteiger partial charge in [-0.25, -0.2) is 4.79 Å². The van der Waals surface area contributed by atoms with Crippen LogP contribution in [0.1, 0.15) is 11.1 Å². The fourth-order valence-electron chi connectivity index (χ4n) is 2.02. The van der Waals surface area contributed by atoms with Crippen molar-refractivity contribution < 1.29 is 14.7 Å². The maximum Gasteiger partial charge on any atom is 0.326 e. The van der Waals surface area contributed by atoms with Crippen molar-refractivity contribution >= 4 is 29.6 Å². The lowest BCUT2D eigenvalue weighted by molar-refractivity contribution is -0.141. The van der Waals surface area contributed by atoms with Crippen molar-refractivity contribution in [3.05, 3.63) is 76.8 Å². The molecule has 0 saturated carbocycles. The van der Waals surface area contributed by atoms with Crippen LogP contribution in [-0.2, 0) is 16.0 Å². The van der Waals surface area contributed by atoms with Gasteiger partial charge < -0.3 is 10.4 Å². The van der Waals surface area contributed by atoms with Gasteiger partial charge in [-0.15, -0.1) is 0 Å². The lowest BCUT2D eigenvalue weighted by Gasteiger charge is -2.13. The van der Waals surface area contributed by atoms with E-state index in [1.54, 1.807) is 30.3 Å². The number of rotatable bonds is 6. The quantitative estimate of drug-likeness (QED) is 0.800. The zero-order chi connectivity index (χ0) is 16.7. The molecule has 1 amide bonds. The van der Waals surface area contributed by atoms with Gasteiger partial charge in [-0.3, -0.25) is 4.79 Å². The van der Waals surface area contributed by atoms with Crippen LogP contribution >= 0.6 is 11.6 Å². The van der Waals surface area contributed by atoms with Crippen molar-refractivity contribution in [2.45, 2.75) is 12.5 Å². The molecule has 118 valence electrons. The number of carboxylic acids is 1. The first-order valence-corrected chi connectivity index (χ1v) is 7.43. The highest BCUT2D eigenvalue weighted by Gasteiger charge is 2.19. The summed E-state index contributed by atoms with van der Waals surface area (Å²) < 4.78 is 0. The van der Waals surface area contributed by atoms with E-state index in [0.717, 1.165) is 11.1 Å². The predicted octanol–water partition coefficient (Wildman–Crippen LogP) is 3.17. The van der Waals surface area contributed by atoms with E-state index < -0.39 is 17.9 Å². The fourth-order valence-corrected chi connectivity index (χ4v) is 2.14. The maximum absolute atomic E-state index is 11.9. The molecule has 0 radical (unpaired) electrons. The minimum atomic E-state index is -1.07. The van der Waals surface area contributed by atoms with E-state index in [0.29, 0.717) is 5.02 Å². The van der Waals surface area contributed by atoms with Gasteiger partial charge in [-0.05, 0) is 29.3 Å². The van der Waals surface area contributed by atoms with Gasteiger partial charge in [0.1, 0.15) is 6.04 Å². The second kappa shape index (κ2) is 8.15. The first-order valence-electron chi connectivity index (χ1n) is 7.05. The minimum Gasteiger partial charge on any atom is -0.480 e. The summed E-state index contributed by atoms with van der Waals surface area (Å²) in [4.78, 5) is 23.2.